The van der Waals surface area contributed by atoms with Crippen LogP contribution in [-0.2, 0) is 11.2 Å². The van der Waals surface area contributed by atoms with Crippen LogP contribution in [0.2, 0.25) is 0 Å². The fourth-order valence-electron chi connectivity index (χ4n) is 2.04. The van der Waals surface area contributed by atoms with Crippen molar-refractivity contribution in [2.45, 2.75) is 32.4 Å². The van der Waals surface area contributed by atoms with Crippen LogP contribution in [0.3, 0.4) is 0 Å². The maximum atomic E-state index is 5.35. The van der Waals surface area contributed by atoms with Crippen LogP contribution in [0.15, 0.2) is 24.3 Å². The van der Waals surface area contributed by atoms with Crippen molar-refractivity contribution in [3.8, 4) is 5.75 Å². The molecule has 0 saturated carbocycles. The number of nitrogens with one attached hydrogen (secondary N) is 1. The molecule has 1 aromatic rings. The Labute approximate surface area is 104 Å². The first-order valence-corrected chi connectivity index (χ1v) is 6.04. The van der Waals surface area contributed by atoms with E-state index in [0.717, 1.165) is 18.8 Å². The average Bonchev–Trinajstić information content (AvgIpc) is 2.29. The van der Waals surface area contributed by atoms with Gasteiger partial charge in [-0.15, -0.1) is 0 Å². The molecule has 0 aromatic heterocycles. The second kappa shape index (κ2) is 7.30. The first-order valence-electron chi connectivity index (χ1n) is 6.04. The molecule has 96 valence electrons. The Kier molecular flexibility index (Phi) is 6.01. The van der Waals surface area contributed by atoms with Crippen LogP contribution >= 0.6 is 0 Å². The molecule has 0 spiro atoms. The number of rotatable bonds is 7. The molecular formula is C14H23NO2. The molecule has 0 radical (unpaired) electrons. The molecule has 0 unspecified atom stereocenters. The number of hydrogen-bond acceptors (Lipinski definition) is 3. The van der Waals surface area contributed by atoms with Crippen LogP contribution in [0.4, 0.5) is 0 Å². The first kappa shape index (κ1) is 14.0. The van der Waals surface area contributed by atoms with E-state index < -0.39 is 0 Å². The van der Waals surface area contributed by atoms with Crippen LogP contribution in [0, 0.1) is 0 Å². The van der Waals surface area contributed by atoms with Crippen molar-refractivity contribution in [3.05, 3.63) is 29.8 Å². The van der Waals surface area contributed by atoms with Gasteiger partial charge in [0.2, 0.25) is 0 Å². The smallest absolute Gasteiger partial charge is 0.122 e. The van der Waals surface area contributed by atoms with Gasteiger partial charge in [-0.2, -0.15) is 0 Å². The monoisotopic (exact) mass is 237 g/mol. The van der Waals surface area contributed by atoms with Crippen molar-refractivity contribution in [3.63, 3.8) is 0 Å². The SMILES string of the molecule is COC[C@@H](C)N[C@H](C)Cc1ccccc1OC. The van der Waals surface area contributed by atoms with E-state index >= 15 is 0 Å². The zero-order valence-corrected chi connectivity index (χ0v) is 11.2. The third-order valence-corrected chi connectivity index (χ3v) is 2.70. The van der Waals surface area contributed by atoms with Crippen LogP contribution < -0.4 is 10.1 Å². The molecule has 17 heavy (non-hydrogen) atoms. The van der Waals surface area contributed by atoms with Gasteiger partial charge in [-0.3, -0.25) is 0 Å². The zero-order valence-electron chi connectivity index (χ0n) is 11.2. The highest BCUT2D eigenvalue weighted by molar-refractivity contribution is 5.33. The lowest BCUT2D eigenvalue weighted by atomic mass is 10.1. The van der Waals surface area contributed by atoms with Crippen molar-refractivity contribution in [1.82, 2.24) is 5.32 Å². The fraction of sp³-hybridized carbons (Fsp3) is 0.571. The van der Waals surface area contributed by atoms with E-state index in [1.807, 2.05) is 18.2 Å². The lowest BCUT2D eigenvalue weighted by Crippen LogP contribution is -2.38. The minimum Gasteiger partial charge on any atom is -0.496 e. The highest BCUT2D eigenvalue weighted by atomic mass is 16.5. The predicted octanol–water partition coefficient (Wildman–Crippen LogP) is 2.25. The Morgan fingerprint density at radius 1 is 1.12 bits per heavy atom. The largest absolute Gasteiger partial charge is 0.496 e. The molecule has 0 amide bonds. The summed E-state index contributed by atoms with van der Waals surface area (Å²) in [5, 5.41) is 3.50. The first-order chi connectivity index (χ1) is 8.17. The number of hydrogen-bond donors (Lipinski definition) is 1. The number of benzene rings is 1. The third kappa shape index (κ3) is 4.75. The molecule has 1 N–H and O–H groups in total. The second-order valence-electron chi connectivity index (χ2n) is 4.44. The Balaban J connectivity index is 2.52. The van der Waals surface area contributed by atoms with E-state index in [1.54, 1.807) is 14.2 Å². The molecule has 0 bridgehead atoms. The summed E-state index contributed by atoms with van der Waals surface area (Å²) in [5.74, 6) is 0.959. The van der Waals surface area contributed by atoms with E-state index in [0.29, 0.717) is 12.1 Å². The van der Waals surface area contributed by atoms with Crippen LogP contribution in [0.1, 0.15) is 19.4 Å². The van der Waals surface area contributed by atoms with Gasteiger partial charge in [0.1, 0.15) is 5.75 Å². The summed E-state index contributed by atoms with van der Waals surface area (Å²) < 4.78 is 10.5. The molecule has 1 rings (SSSR count). The molecule has 1 aromatic carbocycles. The standard InChI is InChI=1S/C14H23NO2/c1-11(15-12(2)10-16-3)9-13-7-5-6-8-14(13)17-4/h5-8,11-12,15H,9-10H2,1-4H3/t11-,12-/m1/s1. The van der Waals surface area contributed by atoms with Gasteiger partial charge in [-0.05, 0) is 31.9 Å². The number of ether oxygens (including phenoxy) is 2. The molecule has 0 aliphatic carbocycles. The lowest BCUT2D eigenvalue weighted by molar-refractivity contribution is 0.167. The molecule has 0 saturated heterocycles. The van der Waals surface area contributed by atoms with Crippen molar-refractivity contribution in [2.24, 2.45) is 0 Å². The van der Waals surface area contributed by atoms with Gasteiger partial charge in [-0.25, -0.2) is 0 Å². The Bertz CT molecular complexity index is 328. The van der Waals surface area contributed by atoms with Gasteiger partial charge in [0.25, 0.3) is 0 Å². The summed E-state index contributed by atoms with van der Waals surface area (Å²) in [7, 11) is 3.44. The molecule has 0 aliphatic rings. The summed E-state index contributed by atoms with van der Waals surface area (Å²) in [5.41, 5.74) is 1.24. The van der Waals surface area contributed by atoms with E-state index in [1.165, 1.54) is 5.56 Å². The molecule has 3 nitrogen and oxygen atoms in total. The van der Waals surface area contributed by atoms with Crippen molar-refractivity contribution in [2.75, 3.05) is 20.8 Å². The highest BCUT2D eigenvalue weighted by Crippen LogP contribution is 2.18. The van der Waals surface area contributed by atoms with Gasteiger partial charge in [0.15, 0.2) is 0 Å². The second-order valence-corrected chi connectivity index (χ2v) is 4.44. The lowest BCUT2D eigenvalue weighted by Gasteiger charge is -2.20. The van der Waals surface area contributed by atoms with Crippen molar-refractivity contribution >= 4 is 0 Å². The van der Waals surface area contributed by atoms with E-state index in [9.17, 15) is 0 Å². The van der Waals surface area contributed by atoms with Gasteiger partial charge in [0, 0.05) is 19.2 Å². The Morgan fingerprint density at radius 2 is 1.82 bits per heavy atom. The minimum atomic E-state index is 0.365. The third-order valence-electron chi connectivity index (χ3n) is 2.70. The molecular weight excluding hydrogens is 214 g/mol. The van der Waals surface area contributed by atoms with Gasteiger partial charge < -0.3 is 14.8 Å². The van der Waals surface area contributed by atoms with Crippen molar-refractivity contribution < 1.29 is 9.47 Å². The van der Waals surface area contributed by atoms with Crippen molar-refractivity contribution in [1.29, 1.82) is 0 Å². The maximum absolute atomic E-state index is 5.35. The Morgan fingerprint density at radius 3 is 2.47 bits per heavy atom. The molecule has 0 fully saturated rings. The summed E-state index contributed by atoms with van der Waals surface area (Å²) in [6.45, 7) is 5.04. The Hall–Kier alpha value is -1.06. The predicted molar refractivity (Wildman–Crippen MR) is 70.6 cm³/mol. The summed E-state index contributed by atoms with van der Waals surface area (Å²) in [4.78, 5) is 0. The molecule has 3 heteroatoms. The van der Waals surface area contributed by atoms with E-state index in [-0.39, 0.29) is 0 Å². The summed E-state index contributed by atoms with van der Waals surface area (Å²) in [6, 6.07) is 8.91. The van der Waals surface area contributed by atoms with E-state index in [2.05, 4.69) is 25.2 Å². The molecule has 0 heterocycles. The molecule has 0 aliphatic heterocycles. The quantitative estimate of drug-likeness (QED) is 0.789. The maximum Gasteiger partial charge on any atom is 0.122 e. The summed E-state index contributed by atoms with van der Waals surface area (Å²) in [6.07, 6.45) is 0.956. The molecule has 2 atom stereocenters. The summed E-state index contributed by atoms with van der Waals surface area (Å²) >= 11 is 0. The normalized spacial score (nSPS) is 14.4. The zero-order chi connectivity index (χ0) is 12.7. The van der Waals surface area contributed by atoms with Crippen LogP contribution in [0.5, 0.6) is 5.75 Å². The average molecular weight is 237 g/mol. The number of para-hydroxylation sites is 1. The topological polar surface area (TPSA) is 30.5 Å². The van der Waals surface area contributed by atoms with Crippen LogP contribution in [-0.4, -0.2) is 32.9 Å². The van der Waals surface area contributed by atoms with Crippen LogP contribution in [0.25, 0.3) is 0 Å². The fourth-order valence-corrected chi connectivity index (χ4v) is 2.04. The number of methoxy groups -OCH3 is 2. The van der Waals surface area contributed by atoms with Gasteiger partial charge in [-0.1, -0.05) is 18.2 Å². The van der Waals surface area contributed by atoms with Gasteiger partial charge in [0.05, 0.1) is 13.7 Å². The minimum absolute atomic E-state index is 0.365. The highest BCUT2D eigenvalue weighted by Gasteiger charge is 2.10. The van der Waals surface area contributed by atoms with Gasteiger partial charge >= 0.3 is 0 Å². The van der Waals surface area contributed by atoms with E-state index in [4.69, 9.17) is 9.47 Å².